The number of hydrogen-bond donors (Lipinski definition) is 5. The number of carbonyl (C=O) groups is 4. The highest BCUT2D eigenvalue weighted by atomic mass is 16.2. The molecule has 1 rings (SSSR count). The van der Waals surface area contributed by atoms with Crippen LogP contribution in [0.1, 0.15) is 54.0 Å². The van der Waals surface area contributed by atoms with Gasteiger partial charge in [-0.1, -0.05) is 65.0 Å². The third-order valence-corrected chi connectivity index (χ3v) is 5.83. The SMILES string of the molecule is CC(NC(=O)C(Cc1ccccc1)NC(=O)C(NC(=O)CN[C@@H](C)C(C)(C)C)C(C)C)C(N)=O. The van der Waals surface area contributed by atoms with Crippen LogP contribution < -0.4 is 27.0 Å². The van der Waals surface area contributed by atoms with Crippen molar-refractivity contribution < 1.29 is 19.2 Å². The molecule has 190 valence electrons. The van der Waals surface area contributed by atoms with Crippen molar-refractivity contribution in [2.24, 2.45) is 17.1 Å². The minimum Gasteiger partial charge on any atom is -0.368 e. The van der Waals surface area contributed by atoms with Gasteiger partial charge in [0.05, 0.1) is 6.54 Å². The number of nitrogens with two attached hydrogens (primary N) is 1. The van der Waals surface area contributed by atoms with E-state index < -0.39 is 35.8 Å². The van der Waals surface area contributed by atoms with Gasteiger partial charge >= 0.3 is 0 Å². The molecule has 0 saturated heterocycles. The molecule has 1 aromatic carbocycles. The van der Waals surface area contributed by atoms with Gasteiger partial charge in [0.1, 0.15) is 18.1 Å². The molecule has 0 saturated carbocycles. The summed E-state index contributed by atoms with van der Waals surface area (Å²) in [5.74, 6) is -2.21. The van der Waals surface area contributed by atoms with Crippen LogP contribution in [0.15, 0.2) is 30.3 Å². The Balaban J connectivity index is 2.93. The highest BCUT2D eigenvalue weighted by Crippen LogP contribution is 2.18. The van der Waals surface area contributed by atoms with Crippen LogP contribution in [0.4, 0.5) is 0 Å². The molecule has 9 heteroatoms. The molecule has 0 aliphatic carbocycles. The molecule has 0 bridgehead atoms. The maximum atomic E-state index is 13.1. The third-order valence-electron chi connectivity index (χ3n) is 5.83. The Morgan fingerprint density at radius 2 is 1.47 bits per heavy atom. The number of primary amides is 1. The first-order valence-electron chi connectivity index (χ1n) is 11.7. The van der Waals surface area contributed by atoms with E-state index in [9.17, 15) is 19.2 Å². The Bertz CT molecular complexity index is 835. The van der Waals surface area contributed by atoms with Crippen LogP contribution in [0.3, 0.4) is 0 Å². The summed E-state index contributed by atoms with van der Waals surface area (Å²) in [6.45, 7) is 13.4. The molecule has 0 aromatic heterocycles. The Labute approximate surface area is 203 Å². The maximum absolute atomic E-state index is 13.1. The molecule has 4 amide bonds. The fraction of sp³-hybridized carbons (Fsp3) is 0.600. The second kappa shape index (κ2) is 13.1. The van der Waals surface area contributed by atoms with Crippen molar-refractivity contribution in [3.05, 3.63) is 35.9 Å². The zero-order valence-corrected chi connectivity index (χ0v) is 21.4. The van der Waals surface area contributed by atoms with Gasteiger partial charge in [0.15, 0.2) is 0 Å². The number of benzene rings is 1. The van der Waals surface area contributed by atoms with E-state index in [0.717, 1.165) is 5.56 Å². The maximum Gasteiger partial charge on any atom is 0.243 e. The number of amides is 4. The summed E-state index contributed by atoms with van der Waals surface area (Å²) in [5, 5.41) is 11.2. The zero-order chi connectivity index (χ0) is 26.1. The third kappa shape index (κ3) is 9.91. The molecule has 9 nitrogen and oxygen atoms in total. The quantitative estimate of drug-likeness (QED) is 0.305. The molecule has 0 aliphatic heterocycles. The summed E-state index contributed by atoms with van der Waals surface area (Å²) in [6, 6.07) is 6.62. The van der Waals surface area contributed by atoms with Crippen molar-refractivity contribution in [1.82, 2.24) is 21.3 Å². The van der Waals surface area contributed by atoms with Crippen molar-refractivity contribution in [3.8, 4) is 0 Å². The van der Waals surface area contributed by atoms with E-state index in [2.05, 4.69) is 42.0 Å². The lowest BCUT2D eigenvalue weighted by Crippen LogP contribution is -2.58. The van der Waals surface area contributed by atoms with Gasteiger partial charge in [0, 0.05) is 12.5 Å². The summed E-state index contributed by atoms with van der Waals surface area (Å²) in [5.41, 5.74) is 6.08. The van der Waals surface area contributed by atoms with Gasteiger partial charge in [-0.15, -0.1) is 0 Å². The van der Waals surface area contributed by atoms with Gasteiger partial charge in [-0.05, 0) is 30.7 Å². The van der Waals surface area contributed by atoms with Crippen LogP contribution >= 0.6 is 0 Å². The second-order valence-corrected chi connectivity index (χ2v) is 10.1. The molecule has 1 aromatic rings. The van der Waals surface area contributed by atoms with Gasteiger partial charge in [-0.3, -0.25) is 19.2 Å². The fourth-order valence-electron chi connectivity index (χ4n) is 3.02. The minimum atomic E-state index is -0.950. The van der Waals surface area contributed by atoms with Gasteiger partial charge in [0.2, 0.25) is 23.6 Å². The van der Waals surface area contributed by atoms with E-state index in [1.54, 1.807) is 0 Å². The zero-order valence-electron chi connectivity index (χ0n) is 21.4. The minimum absolute atomic E-state index is 0.0187. The molecular formula is C25H41N5O4. The van der Waals surface area contributed by atoms with E-state index >= 15 is 0 Å². The van der Waals surface area contributed by atoms with Crippen LogP contribution in [0.25, 0.3) is 0 Å². The lowest BCUT2D eigenvalue weighted by molar-refractivity contribution is -0.133. The smallest absolute Gasteiger partial charge is 0.243 e. The van der Waals surface area contributed by atoms with Crippen LogP contribution in [0.5, 0.6) is 0 Å². The van der Waals surface area contributed by atoms with E-state index in [-0.39, 0.29) is 36.2 Å². The summed E-state index contributed by atoms with van der Waals surface area (Å²) in [4.78, 5) is 49.9. The standard InChI is InChI=1S/C25H41N5O4/c1-15(2)21(30-20(31)14-27-17(4)25(5,6)7)24(34)29-19(13-18-11-9-8-10-12-18)23(33)28-16(3)22(26)32/h8-12,15-17,19,21,27H,13-14H2,1-7H3,(H2,26,32)(H,28,33)(H,29,34)(H,30,31)/t16?,17-,19?,21?/m0/s1. The van der Waals surface area contributed by atoms with Crippen LogP contribution in [0.2, 0.25) is 0 Å². The first-order chi connectivity index (χ1) is 15.7. The summed E-state index contributed by atoms with van der Waals surface area (Å²) in [7, 11) is 0. The Hall–Kier alpha value is -2.94. The first-order valence-corrected chi connectivity index (χ1v) is 11.7. The molecule has 4 atom stereocenters. The summed E-state index contributed by atoms with van der Waals surface area (Å²) < 4.78 is 0. The van der Waals surface area contributed by atoms with E-state index in [1.807, 2.05) is 51.1 Å². The predicted octanol–water partition coefficient (Wildman–Crippen LogP) is 0.869. The number of carbonyl (C=O) groups excluding carboxylic acids is 4. The molecule has 34 heavy (non-hydrogen) atoms. The van der Waals surface area contributed by atoms with Crippen LogP contribution in [0, 0.1) is 11.3 Å². The van der Waals surface area contributed by atoms with Crippen molar-refractivity contribution in [2.45, 2.75) is 79.1 Å². The normalized spacial score (nSPS) is 15.1. The molecular weight excluding hydrogens is 434 g/mol. The Morgan fingerprint density at radius 1 is 0.882 bits per heavy atom. The predicted molar refractivity (Wildman–Crippen MR) is 133 cm³/mol. The monoisotopic (exact) mass is 475 g/mol. The number of hydrogen-bond acceptors (Lipinski definition) is 5. The topological polar surface area (TPSA) is 142 Å². The van der Waals surface area contributed by atoms with E-state index in [1.165, 1.54) is 6.92 Å². The van der Waals surface area contributed by atoms with E-state index in [4.69, 9.17) is 5.73 Å². The molecule has 0 radical (unpaired) electrons. The van der Waals surface area contributed by atoms with Crippen molar-refractivity contribution in [2.75, 3.05) is 6.54 Å². The van der Waals surface area contributed by atoms with Gasteiger partial charge < -0.3 is 27.0 Å². The fourth-order valence-corrected chi connectivity index (χ4v) is 3.02. The first kappa shape index (κ1) is 29.1. The number of nitrogens with one attached hydrogen (secondary N) is 4. The molecule has 0 aliphatic rings. The molecule has 6 N–H and O–H groups in total. The lowest BCUT2D eigenvalue weighted by atomic mass is 9.88. The Kier molecular flexibility index (Phi) is 11.2. The van der Waals surface area contributed by atoms with Crippen LogP contribution in [-0.2, 0) is 25.6 Å². The molecule has 0 fully saturated rings. The molecule has 0 spiro atoms. The highest BCUT2D eigenvalue weighted by molar-refractivity contribution is 5.94. The lowest BCUT2D eigenvalue weighted by Gasteiger charge is -2.29. The van der Waals surface area contributed by atoms with Crippen LogP contribution in [-0.4, -0.2) is 54.3 Å². The van der Waals surface area contributed by atoms with Gasteiger partial charge in [-0.2, -0.15) is 0 Å². The van der Waals surface area contributed by atoms with E-state index in [0.29, 0.717) is 0 Å². The number of rotatable bonds is 12. The van der Waals surface area contributed by atoms with Crippen molar-refractivity contribution in [1.29, 1.82) is 0 Å². The Morgan fingerprint density at radius 3 is 1.97 bits per heavy atom. The average Bonchev–Trinajstić information content (AvgIpc) is 2.74. The summed E-state index contributed by atoms with van der Waals surface area (Å²) >= 11 is 0. The average molecular weight is 476 g/mol. The van der Waals surface area contributed by atoms with Crippen molar-refractivity contribution >= 4 is 23.6 Å². The van der Waals surface area contributed by atoms with Crippen molar-refractivity contribution in [3.63, 3.8) is 0 Å². The highest BCUT2D eigenvalue weighted by Gasteiger charge is 2.30. The molecule has 0 heterocycles. The molecule has 3 unspecified atom stereocenters. The van der Waals surface area contributed by atoms with Gasteiger partial charge in [-0.25, -0.2) is 0 Å². The second-order valence-electron chi connectivity index (χ2n) is 10.1. The summed E-state index contributed by atoms with van der Waals surface area (Å²) in [6.07, 6.45) is 0.216. The van der Waals surface area contributed by atoms with Gasteiger partial charge in [0.25, 0.3) is 0 Å². The largest absolute Gasteiger partial charge is 0.368 e.